The van der Waals surface area contributed by atoms with Crippen molar-refractivity contribution in [1.29, 1.82) is 10.8 Å². The lowest BCUT2D eigenvalue weighted by Crippen LogP contribution is -2.39. The number of aliphatic hydroxyl groups is 2. The number of ether oxygens (including phenoxy) is 1. The van der Waals surface area contributed by atoms with Gasteiger partial charge < -0.3 is 20.3 Å². The van der Waals surface area contributed by atoms with Gasteiger partial charge in [0, 0.05) is 42.1 Å². The van der Waals surface area contributed by atoms with Crippen LogP contribution >= 0.6 is 0 Å². The maximum Gasteiger partial charge on any atom is 0.237 e. The van der Waals surface area contributed by atoms with Crippen LogP contribution in [0.3, 0.4) is 0 Å². The van der Waals surface area contributed by atoms with Gasteiger partial charge in [0.05, 0.1) is 5.41 Å². The Balaban J connectivity index is 1.48. The highest BCUT2D eigenvalue weighted by atomic mass is 16.5. The summed E-state index contributed by atoms with van der Waals surface area (Å²) >= 11 is 0. The molecule has 0 amide bonds. The number of aliphatic imine (C=N–C) groups is 1. The van der Waals surface area contributed by atoms with Gasteiger partial charge in [-0.15, -0.1) is 0 Å². The van der Waals surface area contributed by atoms with Gasteiger partial charge in [0.15, 0.2) is 5.82 Å². The molecule has 2 fully saturated rings. The normalized spacial score (nSPS) is 27.3. The first-order chi connectivity index (χ1) is 19.2. The topological polar surface area (TPSA) is 168 Å². The number of rotatable bonds is 7. The number of anilines is 1. The average molecular weight is 548 g/mol. The zero-order valence-corrected chi connectivity index (χ0v) is 23.0. The number of carbonyl (C=O) groups is 1. The van der Waals surface area contributed by atoms with E-state index in [4.69, 9.17) is 15.6 Å². The second-order valence-corrected chi connectivity index (χ2v) is 11.1. The maximum atomic E-state index is 13.0. The van der Waals surface area contributed by atoms with Crippen LogP contribution < -0.4 is 10.1 Å². The summed E-state index contributed by atoms with van der Waals surface area (Å²) in [5.41, 5.74) is -0.263. The van der Waals surface area contributed by atoms with Gasteiger partial charge in [0.2, 0.25) is 11.8 Å². The Bertz CT molecular complexity index is 1350. The third-order valence-corrected chi connectivity index (χ3v) is 8.55. The first-order valence-electron chi connectivity index (χ1n) is 14.0. The van der Waals surface area contributed by atoms with Crippen LogP contribution in [0.5, 0.6) is 5.88 Å². The van der Waals surface area contributed by atoms with Crippen LogP contribution in [-0.2, 0) is 4.79 Å². The van der Waals surface area contributed by atoms with Crippen molar-refractivity contribution in [1.82, 2.24) is 14.9 Å². The summed E-state index contributed by atoms with van der Waals surface area (Å²) in [6.45, 7) is 3.00. The van der Waals surface area contributed by atoms with Crippen molar-refractivity contribution in [2.45, 2.75) is 76.9 Å². The SMILES string of the molecule is C[C@H](Oc1cc(N/C=C2/C=CN=C(O)C2=N)nc(C(=N)C2=C(O)[C@]3(CCCCC3=O)CCC2)n1)[C@@H]1CCCN1C. The highest BCUT2D eigenvalue weighted by Crippen LogP contribution is 2.48. The number of hydrogen-bond acceptors (Lipinski definition) is 10. The summed E-state index contributed by atoms with van der Waals surface area (Å²) in [6, 6.07) is 1.86. The number of likely N-dealkylation sites (tertiary alicyclic amines) is 1. The largest absolute Gasteiger partial charge is 0.511 e. The van der Waals surface area contributed by atoms with Crippen molar-refractivity contribution in [2.24, 2.45) is 10.4 Å². The Hall–Kier alpha value is -3.86. The molecule has 0 aromatic carbocycles. The van der Waals surface area contributed by atoms with Crippen LogP contribution in [0.25, 0.3) is 0 Å². The number of ketones is 1. The minimum Gasteiger partial charge on any atom is -0.511 e. The van der Waals surface area contributed by atoms with Gasteiger partial charge in [0.25, 0.3) is 0 Å². The molecule has 2 aliphatic carbocycles. The van der Waals surface area contributed by atoms with Crippen molar-refractivity contribution in [2.75, 3.05) is 18.9 Å². The Kier molecular flexibility index (Phi) is 7.84. The molecular weight excluding hydrogens is 510 g/mol. The predicted molar refractivity (Wildman–Crippen MR) is 153 cm³/mol. The number of hydrogen-bond donors (Lipinski definition) is 5. The fourth-order valence-electron chi connectivity index (χ4n) is 6.28. The summed E-state index contributed by atoms with van der Waals surface area (Å²) < 4.78 is 6.27. The monoisotopic (exact) mass is 547 g/mol. The predicted octanol–water partition coefficient (Wildman–Crippen LogP) is 4.63. The lowest BCUT2D eigenvalue weighted by Gasteiger charge is -2.39. The van der Waals surface area contributed by atoms with Gasteiger partial charge in [-0.25, -0.2) is 9.98 Å². The first kappa shape index (κ1) is 27.7. The molecule has 2 aliphatic heterocycles. The summed E-state index contributed by atoms with van der Waals surface area (Å²) in [5, 5.41) is 41.3. The zero-order chi connectivity index (χ0) is 28.4. The summed E-state index contributed by atoms with van der Waals surface area (Å²) in [7, 11) is 2.07. The average Bonchev–Trinajstić information content (AvgIpc) is 3.38. The van der Waals surface area contributed by atoms with Gasteiger partial charge in [-0.3, -0.25) is 20.5 Å². The number of aromatic nitrogens is 2. The molecular formula is C29H37N7O4. The van der Waals surface area contributed by atoms with Crippen LogP contribution in [0.4, 0.5) is 5.82 Å². The Labute approximate surface area is 233 Å². The molecule has 11 heteroatoms. The van der Waals surface area contributed by atoms with Crippen LogP contribution in [-0.4, -0.2) is 73.9 Å². The van der Waals surface area contributed by atoms with E-state index in [0.717, 1.165) is 32.2 Å². The molecule has 0 radical (unpaired) electrons. The van der Waals surface area contributed by atoms with E-state index >= 15 is 0 Å². The number of carbonyl (C=O) groups excluding carboxylic acids is 1. The molecule has 0 bridgehead atoms. The van der Waals surface area contributed by atoms with Crippen molar-refractivity contribution < 1.29 is 19.7 Å². The number of Topliss-reactive ketones (excluding diaryl/α,β-unsaturated/α-hetero) is 1. The molecule has 1 spiro atoms. The second-order valence-electron chi connectivity index (χ2n) is 11.1. The molecule has 3 heterocycles. The molecule has 3 atom stereocenters. The molecule has 5 rings (SSSR count). The quantitative estimate of drug-likeness (QED) is 0.308. The van der Waals surface area contributed by atoms with E-state index in [1.165, 1.54) is 12.4 Å². The highest BCUT2D eigenvalue weighted by molar-refractivity contribution is 6.44. The van der Waals surface area contributed by atoms with E-state index in [1.54, 1.807) is 12.1 Å². The fourth-order valence-corrected chi connectivity index (χ4v) is 6.28. The molecule has 5 N–H and O–H groups in total. The highest BCUT2D eigenvalue weighted by Gasteiger charge is 2.47. The van der Waals surface area contributed by atoms with Crippen LogP contribution in [0.1, 0.15) is 70.5 Å². The van der Waals surface area contributed by atoms with Gasteiger partial charge >= 0.3 is 0 Å². The Morgan fingerprint density at radius 1 is 1.23 bits per heavy atom. The van der Waals surface area contributed by atoms with E-state index < -0.39 is 5.41 Å². The van der Waals surface area contributed by atoms with Crippen LogP contribution in [0.2, 0.25) is 0 Å². The molecule has 1 aromatic heterocycles. The summed E-state index contributed by atoms with van der Waals surface area (Å²) in [4.78, 5) is 28.1. The fraction of sp³-hybridized carbons (Fsp3) is 0.517. The number of nitrogens with zero attached hydrogens (tertiary/aromatic N) is 4. The van der Waals surface area contributed by atoms with Crippen molar-refractivity contribution in [3.63, 3.8) is 0 Å². The van der Waals surface area contributed by atoms with E-state index in [2.05, 4.69) is 32.2 Å². The Morgan fingerprint density at radius 3 is 2.77 bits per heavy atom. The van der Waals surface area contributed by atoms with Crippen molar-refractivity contribution in [3.8, 4) is 5.88 Å². The lowest BCUT2D eigenvalue weighted by atomic mass is 9.64. The minimum absolute atomic E-state index is 0.00324. The molecule has 1 saturated carbocycles. The van der Waals surface area contributed by atoms with E-state index in [-0.39, 0.29) is 52.7 Å². The van der Waals surface area contributed by atoms with Crippen molar-refractivity contribution >= 4 is 28.9 Å². The molecule has 40 heavy (non-hydrogen) atoms. The number of nitrogens with one attached hydrogen (secondary N) is 3. The molecule has 0 unspecified atom stereocenters. The van der Waals surface area contributed by atoms with Gasteiger partial charge in [-0.1, -0.05) is 6.42 Å². The Morgan fingerprint density at radius 2 is 2.02 bits per heavy atom. The van der Waals surface area contributed by atoms with E-state index in [9.17, 15) is 15.0 Å². The smallest absolute Gasteiger partial charge is 0.237 e. The maximum absolute atomic E-state index is 13.0. The number of aliphatic hydroxyl groups excluding tert-OH is 2. The third-order valence-electron chi connectivity index (χ3n) is 8.55. The van der Waals surface area contributed by atoms with Crippen LogP contribution in [0.15, 0.2) is 46.4 Å². The van der Waals surface area contributed by atoms with E-state index in [0.29, 0.717) is 49.1 Å². The molecule has 1 saturated heterocycles. The molecule has 11 nitrogen and oxygen atoms in total. The van der Waals surface area contributed by atoms with Crippen molar-refractivity contribution in [3.05, 3.63) is 47.3 Å². The van der Waals surface area contributed by atoms with E-state index in [1.807, 2.05) is 6.92 Å². The zero-order valence-electron chi connectivity index (χ0n) is 23.0. The molecule has 212 valence electrons. The van der Waals surface area contributed by atoms with Crippen LogP contribution in [0, 0.1) is 16.2 Å². The molecule has 1 aromatic rings. The minimum atomic E-state index is -0.906. The number of likely N-dealkylation sites (N-methyl/N-ethyl adjacent to an activating group) is 1. The molecule has 4 aliphatic rings. The first-order valence-corrected chi connectivity index (χ1v) is 14.0. The standard InChI is InChI=1S/C29H37N7O4/c1-17(20-8-6-14-36(20)2)40-23-15-22(33-16-18-10-13-32-28(39)24(18)30)34-27(35-23)25(31)19-7-5-12-29(26(19)38)11-4-3-9-21(29)37/h10,13,15-17,20,30-31,38H,3-9,11-12,14H2,1-2H3,(H,32,39)(H,33,34,35)/b18-16-,30-24?,31-25?/t17-,20-,29+/m0/s1. The van der Waals surface area contributed by atoms with Gasteiger partial charge in [0.1, 0.15) is 34.9 Å². The summed E-state index contributed by atoms with van der Waals surface area (Å²) in [6.07, 6.45) is 11.0. The van der Waals surface area contributed by atoms with Gasteiger partial charge in [-0.2, -0.15) is 4.98 Å². The lowest BCUT2D eigenvalue weighted by molar-refractivity contribution is -0.131. The number of allylic oxidation sites excluding steroid dienone is 3. The third kappa shape index (κ3) is 5.30. The summed E-state index contributed by atoms with van der Waals surface area (Å²) in [5.74, 6) is 0.346. The second kappa shape index (κ2) is 11.3. The van der Waals surface area contributed by atoms with Gasteiger partial charge in [-0.05, 0) is 71.5 Å².